The molecule has 0 aliphatic carbocycles. The fourth-order valence-electron chi connectivity index (χ4n) is 1.98. The molecule has 0 radical (unpaired) electrons. The number of carbonyl (C=O) groups is 1. The second-order valence-corrected chi connectivity index (χ2v) is 5.01. The van der Waals surface area contributed by atoms with Crippen LogP contribution in [0, 0.1) is 5.82 Å². The first kappa shape index (κ1) is 16.9. The van der Waals surface area contributed by atoms with Crippen molar-refractivity contribution in [2.24, 2.45) is 0 Å². The van der Waals surface area contributed by atoms with E-state index in [1.54, 1.807) is 37.6 Å². The largest absolute Gasteiger partial charge is 0.385 e. The molecular weight excluding hydrogens is 297 g/mol. The molecule has 2 aromatic rings. The third kappa shape index (κ3) is 5.67. The standard InChI is InChI=1S/C17H20FN3O2/c1-23-10-2-8-20-17(22)14-7-9-19-16(11-14)21-12-13-3-5-15(18)6-4-13/h3-7,9,11H,2,8,10,12H2,1H3,(H,19,21)(H,20,22). The fourth-order valence-corrected chi connectivity index (χ4v) is 1.98. The minimum atomic E-state index is -0.265. The quantitative estimate of drug-likeness (QED) is 0.735. The number of amides is 1. The molecule has 0 saturated heterocycles. The zero-order chi connectivity index (χ0) is 16.5. The summed E-state index contributed by atoms with van der Waals surface area (Å²) in [6.07, 6.45) is 2.35. The van der Waals surface area contributed by atoms with Crippen LogP contribution in [0.25, 0.3) is 0 Å². The van der Waals surface area contributed by atoms with Gasteiger partial charge in [0.05, 0.1) is 0 Å². The number of benzene rings is 1. The molecule has 5 nitrogen and oxygen atoms in total. The Morgan fingerprint density at radius 2 is 2.04 bits per heavy atom. The number of halogens is 1. The van der Waals surface area contributed by atoms with Crippen molar-refractivity contribution in [2.45, 2.75) is 13.0 Å². The van der Waals surface area contributed by atoms with Gasteiger partial charge in [-0.05, 0) is 36.2 Å². The van der Waals surface area contributed by atoms with Gasteiger partial charge in [-0.2, -0.15) is 0 Å². The molecule has 0 unspecified atom stereocenters. The van der Waals surface area contributed by atoms with Crippen molar-refractivity contribution >= 4 is 11.7 Å². The maximum atomic E-state index is 12.9. The summed E-state index contributed by atoms with van der Waals surface area (Å²) in [6, 6.07) is 9.58. The number of rotatable bonds is 8. The van der Waals surface area contributed by atoms with Crippen molar-refractivity contribution in [2.75, 3.05) is 25.6 Å². The average molecular weight is 317 g/mol. The highest BCUT2D eigenvalue weighted by atomic mass is 19.1. The minimum Gasteiger partial charge on any atom is -0.385 e. The van der Waals surface area contributed by atoms with E-state index in [-0.39, 0.29) is 11.7 Å². The third-order valence-electron chi connectivity index (χ3n) is 3.22. The first-order chi connectivity index (χ1) is 11.2. The summed E-state index contributed by atoms with van der Waals surface area (Å²) >= 11 is 0. The number of ether oxygens (including phenoxy) is 1. The highest BCUT2D eigenvalue weighted by molar-refractivity contribution is 5.94. The lowest BCUT2D eigenvalue weighted by Gasteiger charge is -2.08. The molecule has 0 atom stereocenters. The van der Waals surface area contributed by atoms with Gasteiger partial charge in [-0.15, -0.1) is 0 Å². The summed E-state index contributed by atoms with van der Waals surface area (Å²) in [5.74, 6) is 0.186. The zero-order valence-corrected chi connectivity index (χ0v) is 13.0. The van der Waals surface area contributed by atoms with Crippen molar-refractivity contribution in [3.05, 3.63) is 59.5 Å². The molecule has 0 fully saturated rings. The van der Waals surface area contributed by atoms with E-state index in [4.69, 9.17) is 4.74 Å². The Balaban J connectivity index is 1.88. The molecule has 2 N–H and O–H groups in total. The minimum absolute atomic E-state index is 0.145. The van der Waals surface area contributed by atoms with Gasteiger partial charge in [0.15, 0.2) is 0 Å². The number of nitrogens with one attached hydrogen (secondary N) is 2. The molecule has 0 saturated carbocycles. The van der Waals surface area contributed by atoms with Gasteiger partial charge >= 0.3 is 0 Å². The van der Waals surface area contributed by atoms with E-state index < -0.39 is 0 Å². The molecule has 0 aliphatic rings. The lowest BCUT2D eigenvalue weighted by Crippen LogP contribution is -2.25. The third-order valence-corrected chi connectivity index (χ3v) is 3.22. The van der Waals surface area contributed by atoms with Crippen LogP contribution in [0.3, 0.4) is 0 Å². The Hall–Kier alpha value is -2.47. The average Bonchev–Trinajstić information content (AvgIpc) is 2.58. The smallest absolute Gasteiger partial charge is 0.251 e. The summed E-state index contributed by atoms with van der Waals surface area (Å²) in [5, 5.41) is 5.94. The van der Waals surface area contributed by atoms with Gasteiger partial charge in [0.2, 0.25) is 0 Å². The molecule has 122 valence electrons. The summed E-state index contributed by atoms with van der Waals surface area (Å²) in [7, 11) is 1.63. The molecule has 0 bridgehead atoms. The van der Waals surface area contributed by atoms with Gasteiger partial charge in [0, 0.05) is 38.6 Å². The van der Waals surface area contributed by atoms with E-state index >= 15 is 0 Å². The SMILES string of the molecule is COCCCNC(=O)c1ccnc(NCc2ccc(F)cc2)c1. The van der Waals surface area contributed by atoms with E-state index in [1.807, 2.05) is 0 Å². The normalized spacial score (nSPS) is 10.3. The number of methoxy groups -OCH3 is 1. The Morgan fingerprint density at radius 1 is 1.26 bits per heavy atom. The Labute approximate surface area is 134 Å². The Morgan fingerprint density at radius 3 is 2.78 bits per heavy atom. The molecule has 1 aromatic carbocycles. The van der Waals surface area contributed by atoms with Crippen molar-refractivity contribution in [1.82, 2.24) is 10.3 Å². The van der Waals surface area contributed by atoms with Crippen LogP contribution in [-0.2, 0) is 11.3 Å². The number of anilines is 1. The van der Waals surface area contributed by atoms with Crippen LogP contribution < -0.4 is 10.6 Å². The molecule has 0 spiro atoms. The highest BCUT2D eigenvalue weighted by Gasteiger charge is 2.06. The number of pyridine rings is 1. The number of aromatic nitrogens is 1. The van der Waals surface area contributed by atoms with Crippen molar-refractivity contribution in [3.8, 4) is 0 Å². The van der Waals surface area contributed by atoms with E-state index in [2.05, 4.69) is 15.6 Å². The lowest BCUT2D eigenvalue weighted by molar-refractivity contribution is 0.0948. The molecule has 23 heavy (non-hydrogen) atoms. The molecule has 6 heteroatoms. The molecule has 1 aromatic heterocycles. The molecule has 1 heterocycles. The monoisotopic (exact) mass is 317 g/mol. The van der Waals surface area contributed by atoms with Gasteiger partial charge in [0.25, 0.3) is 5.91 Å². The second-order valence-electron chi connectivity index (χ2n) is 5.01. The summed E-state index contributed by atoms with van der Waals surface area (Å²) in [6.45, 7) is 1.68. The summed E-state index contributed by atoms with van der Waals surface area (Å²) in [5.41, 5.74) is 1.47. The highest BCUT2D eigenvalue weighted by Crippen LogP contribution is 2.10. The summed E-state index contributed by atoms with van der Waals surface area (Å²) < 4.78 is 17.8. The first-order valence-electron chi connectivity index (χ1n) is 7.40. The predicted octanol–water partition coefficient (Wildman–Crippen LogP) is 2.60. The summed E-state index contributed by atoms with van der Waals surface area (Å²) in [4.78, 5) is 16.2. The first-order valence-corrected chi connectivity index (χ1v) is 7.40. The van der Waals surface area contributed by atoms with Gasteiger partial charge in [-0.25, -0.2) is 9.37 Å². The van der Waals surface area contributed by atoms with Crippen molar-refractivity contribution in [3.63, 3.8) is 0 Å². The van der Waals surface area contributed by atoms with Crippen LogP contribution in [0.15, 0.2) is 42.6 Å². The topological polar surface area (TPSA) is 63.2 Å². The molecule has 2 rings (SSSR count). The Bertz CT molecular complexity index is 632. The Kier molecular flexibility index (Phi) is 6.50. The van der Waals surface area contributed by atoms with E-state index in [1.165, 1.54) is 12.1 Å². The van der Waals surface area contributed by atoms with Crippen molar-refractivity contribution < 1.29 is 13.9 Å². The molecular formula is C17H20FN3O2. The van der Waals surface area contributed by atoms with Crippen LogP contribution in [-0.4, -0.2) is 31.2 Å². The molecule has 0 aliphatic heterocycles. The number of hydrogen-bond acceptors (Lipinski definition) is 4. The van der Waals surface area contributed by atoms with Crippen LogP contribution in [0.5, 0.6) is 0 Å². The lowest BCUT2D eigenvalue weighted by atomic mass is 10.2. The number of nitrogens with zero attached hydrogens (tertiary/aromatic N) is 1. The van der Waals surface area contributed by atoms with E-state index in [9.17, 15) is 9.18 Å². The fraction of sp³-hybridized carbons (Fsp3) is 0.294. The van der Waals surface area contributed by atoms with Crippen molar-refractivity contribution in [1.29, 1.82) is 0 Å². The molecule has 1 amide bonds. The van der Waals surface area contributed by atoms with Crippen LogP contribution in [0.2, 0.25) is 0 Å². The van der Waals surface area contributed by atoms with Gasteiger partial charge in [-0.3, -0.25) is 4.79 Å². The van der Waals surface area contributed by atoms with Gasteiger partial charge in [0.1, 0.15) is 11.6 Å². The maximum Gasteiger partial charge on any atom is 0.251 e. The maximum absolute atomic E-state index is 12.9. The van der Waals surface area contributed by atoms with Crippen LogP contribution >= 0.6 is 0 Å². The van der Waals surface area contributed by atoms with Gasteiger partial charge in [-0.1, -0.05) is 12.1 Å². The van der Waals surface area contributed by atoms with Crippen LogP contribution in [0.4, 0.5) is 10.2 Å². The number of hydrogen-bond donors (Lipinski definition) is 2. The zero-order valence-electron chi connectivity index (χ0n) is 13.0. The number of carbonyl (C=O) groups excluding carboxylic acids is 1. The van der Waals surface area contributed by atoms with E-state index in [0.29, 0.717) is 31.1 Å². The van der Waals surface area contributed by atoms with Gasteiger partial charge < -0.3 is 15.4 Å². The second kappa shape index (κ2) is 8.85. The predicted molar refractivity (Wildman–Crippen MR) is 86.8 cm³/mol. The van der Waals surface area contributed by atoms with E-state index in [0.717, 1.165) is 12.0 Å². The van der Waals surface area contributed by atoms with Crippen LogP contribution in [0.1, 0.15) is 22.3 Å².